The van der Waals surface area contributed by atoms with Gasteiger partial charge in [0, 0.05) is 12.2 Å². The second-order valence-corrected chi connectivity index (χ2v) is 9.57. The molecule has 0 bridgehead atoms. The molecule has 2 N–H and O–H groups in total. The molecule has 0 radical (unpaired) electrons. The van der Waals surface area contributed by atoms with E-state index < -0.39 is 11.9 Å². The highest BCUT2D eigenvalue weighted by molar-refractivity contribution is 7.98. The number of para-hydroxylation sites is 1. The van der Waals surface area contributed by atoms with Gasteiger partial charge in [-0.15, -0.1) is 21.5 Å². The van der Waals surface area contributed by atoms with Crippen LogP contribution in [-0.2, 0) is 10.5 Å². The summed E-state index contributed by atoms with van der Waals surface area (Å²) in [5, 5.41) is 17.1. The van der Waals surface area contributed by atoms with Crippen LogP contribution < -0.4 is 10.6 Å². The summed E-state index contributed by atoms with van der Waals surface area (Å²) < 4.78 is 7.52. The third-order valence-electron chi connectivity index (χ3n) is 5.34. The van der Waals surface area contributed by atoms with E-state index >= 15 is 0 Å². The number of hydrogen-bond acceptors (Lipinski definition) is 8. The topological polar surface area (TPSA) is 115 Å². The minimum absolute atomic E-state index is 0.149. The molecule has 0 spiro atoms. The van der Waals surface area contributed by atoms with Crippen LogP contribution in [0.3, 0.4) is 0 Å². The maximum atomic E-state index is 12.6. The Bertz CT molecular complexity index is 1270. The fourth-order valence-electron chi connectivity index (χ4n) is 3.66. The summed E-state index contributed by atoms with van der Waals surface area (Å²) >= 11 is 3.02. The van der Waals surface area contributed by atoms with E-state index in [2.05, 4.69) is 25.8 Å². The average Bonchev–Trinajstić information content (AvgIpc) is 3.60. The van der Waals surface area contributed by atoms with Crippen molar-refractivity contribution in [1.82, 2.24) is 30.4 Å². The number of carbonyl (C=O) groups is 2. The lowest BCUT2D eigenvalue weighted by atomic mass is 10.1. The van der Waals surface area contributed by atoms with Crippen LogP contribution in [0.2, 0.25) is 0 Å². The van der Waals surface area contributed by atoms with E-state index in [1.807, 2.05) is 52.4 Å². The zero-order valence-electron chi connectivity index (χ0n) is 18.1. The summed E-state index contributed by atoms with van der Waals surface area (Å²) in [7, 11) is 0. The maximum absolute atomic E-state index is 12.6. The quantitative estimate of drug-likeness (QED) is 0.377. The van der Waals surface area contributed by atoms with Crippen molar-refractivity contribution in [2.24, 2.45) is 0 Å². The van der Waals surface area contributed by atoms with Crippen LogP contribution in [-0.4, -0.2) is 44.1 Å². The molecular formula is C23H22N6O3S2. The fourth-order valence-corrected chi connectivity index (χ4v) is 5.16. The van der Waals surface area contributed by atoms with Gasteiger partial charge < -0.3 is 15.1 Å². The van der Waals surface area contributed by atoms with E-state index in [0.717, 1.165) is 29.2 Å². The first kappa shape index (κ1) is 22.4. The Morgan fingerprint density at radius 3 is 2.91 bits per heavy atom. The van der Waals surface area contributed by atoms with Crippen molar-refractivity contribution in [3.63, 3.8) is 0 Å². The van der Waals surface area contributed by atoms with Gasteiger partial charge in [-0.1, -0.05) is 36.0 Å². The first-order valence-corrected chi connectivity index (χ1v) is 12.8. The number of thioether (sulfide) groups is 1. The van der Waals surface area contributed by atoms with Crippen molar-refractivity contribution in [1.29, 1.82) is 0 Å². The summed E-state index contributed by atoms with van der Waals surface area (Å²) in [5.41, 5.74) is 1.10. The molecule has 174 valence electrons. The third kappa shape index (κ3) is 4.90. The lowest BCUT2D eigenvalue weighted by Gasteiger charge is -2.13. The monoisotopic (exact) mass is 494 g/mol. The second kappa shape index (κ2) is 10.2. The molecule has 1 unspecified atom stereocenters. The Morgan fingerprint density at radius 1 is 1.21 bits per heavy atom. The van der Waals surface area contributed by atoms with E-state index in [4.69, 9.17) is 4.42 Å². The summed E-state index contributed by atoms with van der Waals surface area (Å²) in [5.74, 6) is 0.937. The van der Waals surface area contributed by atoms with Gasteiger partial charge in [-0.05, 0) is 42.8 Å². The Kier molecular flexibility index (Phi) is 6.72. The minimum atomic E-state index is -0.551. The highest BCUT2D eigenvalue weighted by Gasteiger charge is 2.24. The first-order valence-electron chi connectivity index (χ1n) is 10.9. The number of nitrogens with zero attached hydrogens (tertiary/aromatic N) is 4. The first-order chi connectivity index (χ1) is 16.7. The molecule has 1 aliphatic rings. The number of amides is 2. The highest BCUT2D eigenvalue weighted by Crippen LogP contribution is 2.31. The largest absolute Gasteiger partial charge is 0.447 e. The van der Waals surface area contributed by atoms with E-state index in [9.17, 15) is 9.59 Å². The minimum Gasteiger partial charge on any atom is -0.447 e. The molecule has 9 nitrogen and oxygen atoms in total. The van der Waals surface area contributed by atoms with E-state index in [1.165, 1.54) is 18.0 Å². The standard InChI is InChI=1S/C23H22N6O3S2/c30-21-16(9-4-5-11-24-21)26-22(31)17-13-32-19(25-17)14-34-23-28-27-20(18-10-6-12-33-18)29(23)15-7-2-1-3-8-15/h1-3,6-8,10,12-13,16H,4-5,9,11,14H2,(H,24,30)(H,26,31). The number of benzene rings is 1. The number of nitrogens with one attached hydrogen (secondary N) is 2. The van der Waals surface area contributed by atoms with Gasteiger partial charge >= 0.3 is 0 Å². The van der Waals surface area contributed by atoms with Crippen LogP contribution in [0, 0.1) is 0 Å². The van der Waals surface area contributed by atoms with Crippen molar-refractivity contribution < 1.29 is 14.0 Å². The summed E-state index contributed by atoms with van der Waals surface area (Å²) in [4.78, 5) is 30.0. The summed E-state index contributed by atoms with van der Waals surface area (Å²) in [6.45, 7) is 0.637. The van der Waals surface area contributed by atoms with Gasteiger partial charge in [0.25, 0.3) is 5.91 Å². The highest BCUT2D eigenvalue weighted by atomic mass is 32.2. The summed E-state index contributed by atoms with van der Waals surface area (Å²) in [6, 6.07) is 13.3. The van der Waals surface area contributed by atoms with E-state index in [0.29, 0.717) is 29.8 Å². The molecule has 4 heterocycles. The molecule has 1 aromatic carbocycles. The Hall–Kier alpha value is -3.44. The number of hydrogen-bond donors (Lipinski definition) is 2. The van der Waals surface area contributed by atoms with Gasteiger partial charge in [-0.25, -0.2) is 4.98 Å². The maximum Gasteiger partial charge on any atom is 0.273 e. The Balaban J connectivity index is 1.30. The molecule has 34 heavy (non-hydrogen) atoms. The lowest BCUT2D eigenvalue weighted by Crippen LogP contribution is -2.45. The molecular weight excluding hydrogens is 472 g/mol. The van der Waals surface area contributed by atoms with Crippen LogP contribution in [0.25, 0.3) is 16.4 Å². The third-order valence-corrected chi connectivity index (χ3v) is 7.12. The molecule has 1 saturated heterocycles. The smallest absolute Gasteiger partial charge is 0.273 e. The van der Waals surface area contributed by atoms with E-state index in [1.54, 1.807) is 11.3 Å². The lowest BCUT2D eigenvalue weighted by molar-refractivity contribution is -0.122. The molecule has 2 amide bonds. The van der Waals surface area contributed by atoms with Crippen molar-refractivity contribution >= 4 is 34.9 Å². The van der Waals surface area contributed by atoms with Crippen molar-refractivity contribution in [3.05, 3.63) is 65.7 Å². The molecule has 0 aliphatic carbocycles. The molecule has 3 aromatic heterocycles. The van der Waals surface area contributed by atoms with Crippen molar-refractivity contribution in [3.8, 4) is 16.4 Å². The van der Waals surface area contributed by atoms with Gasteiger partial charge in [-0.2, -0.15) is 0 Å². The van der Waals surface area contributed by atoms with Gasteiger partial charge in [-0.3, -0.25) is 14.2 Å². The van der Waals surface area contributed by atoms with Crippen LogP contribution in [0.15, 0.2) is 63.7 Å². The number of rotatable bonds is 7. The number of carbonyl (C=O) groups excluding carboxylic acids is 2. The van der Waals surface area contributed by atoms with Gasteiger partial charge in [0.2, 0.25) is 11.8 Å². The Labute approximate surface area is 204 Å². The zero-order chi connectivity index (χ0) is 23.3. The van der Waals surface area contributed by atoms with Gasteiger partial charge in [0.1, 0.15) is 12.3 Å². The molecule has 1 fully saturated rings. The SMILES string of the molecule is O=C(NC1CCCCNC1=O)c1coc(CSc2nnc(-c3cccs3)n2-c2ccccc2)n1. The molecule has 4 aromatic rings. The number of aromatic nitrogens is 4. The van der Waals surface area contributed by atoms with Crippen LogP contribution in [0.1, 0.15) is 35.6 Å². The van der Waals surface area contributed by atoms with Crippen molar-refractivity contribution in [2.75, 3.05) is 6.54 Å². The number of oxazole rings is 1. The number of thiophene rings is 1. The van der Waals surface area contributed by atoms with Crippen LogP contribution >= 0.6 is 23.1 Å². The average molecular weight is 495 g/mol. The van der Waals surface area contributed by atoms with Crippen molar-refractivity contribution in [2.45, 2.75) is 36.2 Å². The molecule has 1 atom stereocenters. The van der Waals surface area contributed by atoms with Gasteiger partial charge in [0.05, 0.1) is 10.6 Å². The molecule has 11 heteroatoms. The van der Waals surface area contributed by atoms with Crippen LogP contribution in [0.4, 0.5) is 0 Å². The molecule has 5 rings (SSSR count). The molecule has 0 saturated carbocycles. The predicted octanol–water partition coefficient (Wildman–Crippen LogP) is 3.67. The van der Waals surface area contributed by atoms with E-state index in [-0.39, 0.29) is 11.6 Å². The molecule has 1 aliphatic heterocycles. The Morgan fingerprint density at radius 2 is 2.09 bits per heavy atom. The predicted molar refractivity (Wildman–Crippen MR) is 129 cm³/mol. The van der Waals surface area contributed by atoms with Gasteiger partial charge in [0.15, 0.2) is 16.7 Å². The zero-order valence-corrected chi connectivity index (χ0v) is 19.8. The van der Waals surface area contributed by atoms with Crippen LogP contribution in [0.5, 0.6) is 0 Å². The summed E-state index contributed by atoms with van der Waals surface area (Å²) in [6.07, 6.45) is 3.71. The normalized spacial score (nSPS) is 16.1. The second-order valence-electron chi connectivity index (χ2n) is 7.68. The fraction of sp³-hybridized carbons (Fsp3) is 0.261.